The minimum Gasteiger partial charge on any atom is -0.351 e. The van der Waals surface area contributed by atoms with Gasteiger partial charge in [-0.3, -0.25) is 9.59 Å². The normalized spacial score (nSPS) is 19.0. The van der Waals surface area contributed by atoms with Crippen molar-refractivity contribution < 1.29 is 18.0 Å². The van der Waals surface area contributed by atoms with Crippen LogP contribution in [0.3, 0.4) is 0 Å². The van der Waals surface area contributed by atoms with Gasteiger partial charge in [0, 0.05) is 24.4 Å². The number of carbonyl (C=O) groups is 2. The Hall–Kier alpha value is -1.64. The van der Waals surface area contributed by atoms with E-state index in [1.54, 1.807) is 0 Å². The zero-order valence-electron chi connectivity index (χ0n) is 16.0. The molecule has 9 heteroatoms. The van der Waals surface area contributed by atoms with Crippen LogP contribution in [0.4, 0.5) is 5.69 Å². The second kappa shape index (κ2) is 9.24. The first-order valence-corrected chi connectivity index (χ1v) is 11.3. The smallest absolute Gasteiger partial charge is 0.241 e. The zero-order valence-corrected chi connectivity index (χ0v) is 17.6. The van der Waals surface area contributed by atoms with Gasteiger partial charge in [0.15, 0.2) is 14.6 Å². The summed E-state index contributed by atoms with van der Waals surface area (Å²) in [6.45, 7) is 1.23. The number of hydrogen-bond donors (Lipinski definition) is 3. The molecule has 1 saturated heterocycles. The van der Waals surface area contributed by atoms with Crippen LogP contribution in [0.15, 0.2) is 24.3 Å². The van der Waals surface area contributed by atoms with Crippen LogP contribution in [-0.2, 0) is 26.0 Å². The van der Waals surface area contributed by atoms with Gasteiger partial charge in [0.25, 0.3) is 0 Å². The van der Waals surface area contributed by atoms with Crippen LogP contribution in [0.25, 0.3) is 0 Å². The zero-order chi connectivity index (χ0) is 19.5. The van der Waals surface area contributed by atoms with Crippen molar-refractivity contribution >= 4 is 39.7 Å². The monoisotopic (exact) mass is 429 g/mol. The molecule has 1 saturated carbocycles. The standard InChI is InChI=1S/C19H27N3O4S.ClH/c1-27(25,26)19(8-10-20-11-9-19)18(24)21-13-14-4-2-7-16(12-14)22-17(23)15-5-3-6-15;/h2,4,7,12,15,20H,3,5-6,8-11,13H2,1H3,(H,21,24)(H,22,23);1H. The summed E-state index contributed by atoms with van der Waals surface area (Å²) in [5.41, 5.74) is 1.51. The Bertz CT molecular complexity index is 818. The Morgan fingerprint density at radius 2 is 1.89 bits per heavy atom. The van der Waals surface area contributed by atoms with Gasteiger partial charge < -0.3 is 16.0 Å². The lowest BCUT2D eigenvalue weighted by Gasteiger charge is -2.34. The molecule has 1 aromatic carbocycles. The van der Waals surface area contributed by atoms with Crippen LogP contribution >= 0.6 is 12.4 Å². The van der Waals surface area contributed by atoms with Crippen LogP contribution in [0.2, 0.25) is 0 Å². The average molecular weight is 430 g/mol. The average Bonchev–Trinajstić information content (AvgIpc) is 2.58. The van der Waals surface area contributed by atoms with Crippen LogP contribution in [0, 0.1) is 5.92 Å². The number of nitrogens with one attached hydrogen (secondary N) is 3. The van der Waals surface area contributed by atoms with Gasteiger partial charge in [0.2, 0.25) is 11.8 Å². The fourth-order valence-corrected chi connectivity index (χ4v) is 4.97. The number of carbonyl (C=O) groups excluding carboxylic acids is 2. The molecule has 156 valence electrons. The number of sulfone groups is 1. The van der Waals surface area contributed by atoms with Gasteiger partial charge in [-0.2, -0.15) is 0 Å². The van der Waals surface area contributed by atoms with E-state index in [2.05, 4.69) is 16.0 Å². The lowest BCUT2D eigenvalue weighted by atomic mass is 9.85. The Labute approximate surface area is 172 Å². The molecule has 0 atom stereocenters. The summed E-state index contributed by atoms with van der Waals surface area (Å²) < 4.78 is 23.2. The first-order chi connectivity index (χ1) is 12.8. The molecule has 1 aliphatic heterocycles. The lowest BCUT2D eigenvalue weighted by Crippen LogP contribution is -2.57. The van der Waals surface area contributed by atoms with Gasteiger partial charge in [-0.25, -0.2) is 8.42 Å². The number of anilines is 1. The van der Waals surface area contributed by atoms with E-state index in [9.17, 15) is 18.0 Å². The number of amides is 2. The summed E-state index contributed by atoms with van der Waals surface area (Å²) in [4.78, 5) is 24.8. The Morgan fingerprint density at radius 3 is 2.46 bits per heavy atom. The Morgan fingerprint density at radius 1 is 1.21 bits per heavy atom. The molecule has 7 nitrogen and oxygen atoms in total. The summed E-state index contributed by atoms with van der Waals surface area (Å²) >= 11 is 0. The summed E-state index contributed by atoms with van der Waals surface area (Å²) in [6, 6.07) is 7.28. The summed E-state index contributed by atoms with van der Waals surface area (Å²) in [5.74, 6) is -0.313. The van der Waals surface area contributed by atoms with Gasteiger partial charge >= 0.3 is 0 Å². The molecule has 2 amide bonds. The molecule has 1 aromatic rings. The molecule has 3 rings (SSSR count). The maximum atomic E-state index is 12.8. The number of benzene rings is 1. The fourth-order valence-electron chi connectivity index (χ4n) is 3.61. The van der Waals surface area contributed by atoms with Crippen molar-refractivity contribution in [1.82, 2.24) is 10.6 Å². The van der Waals surface area contributed by atoms with E-state index in [-0.39, 0.29) is 43.6 Å². The number of piperidine rings is 1. The summed E-state index contributed by atoms with van der Waals surface area (Å²) in [7, 11) is -3.53. The third-order valence-corrected chi connectivity index (χ3v) is 7.67. The molecular weight excluding hydrogens is 402 g/mol. The van der Waals surface area contributed by atoms with E-state index in [1.165, 1.54) is 0 Å². The van der Waals surface area contributed by atoms with Crippen molar-refractivity contribution in [3.05, 3.63) is 29.8 Å². The molecular formula is C19H28ClN3O4S. The molecule has 1 heterocycles. The van der Waals surface area contributed by atoms with Crippen molar-refractivity contribution in [3.63, 3.8) is 0 Å². The molecule has 0 bridgehead atoms. The van der Waals surface area contributed by atoms with E-state index in [0.717, 1.165) is 31.1 Å². The van der Waals surface area contributed by atoms with Crippen LogP contribution < -0.4 is 16.0 Å². The highest BCUT2D eigenvalue weighted by molar-refractivity contribution is 7.92. The minimum absolute atomic E-state index is 0. The molecule has 28 heavy (non-hydrogen) atoms. The van der Waals surface area contributed by atoms with Gasteiger partial charge in [0.05, 0.1) is 0 Å². The first-order valence-electron chi connectivity index (χ1n) is 9.40. The SMILES string of the molecule is CS(=O)(=O)C1(C(=O)NCc2cccc(NC(=O)C3CCC3)c2)CCNCC1.Cl. The van der Waals surface area contributed by atoms with Gasteiger partial charge in [-0.15, -0.1) is 12.4 Å². The fraction of sp³-hybridized carbons (Fsp3) is 0.579. The maximum Gasteiger partial charge on any atom is 0.241 e. The summed E-state index contributed by atoms with van der Waals surface area (Å²) in [5, 5.41) is 8.79. The van der Waals surface area contributed by atoms with Crippen LogP contribution in [0.1, 0.15) is 37.7 Å². The number of halogens is 1. The quantitative estimate of drug-likeness (QED) is 0.637. The number of hydrogen-bond acceptors (Lipinski definition) is 5. The highest BCUT2D eigenvalue weighted by Crippen LogP contribution is 2.29. The van der Waals surface area contributed by atoms with Crippen molar-refractivity contribution in [2.75, 3.05) is 24.7 Å². The van der Waals surface area contributed by atoms with E-state index in [0.29, 0.717) is 18.8 Å². The van der Waals surface area contributed by atoms with Crippen molar-refractivity contribution in [2.45, 2.75) is 43.4 Å². The predicted molar refractivity (Wildman–Crippen MR) is 111 cm³/mol. The molecule has 3 N–H and O–H groups in total. The third-order valence-electron chi connectivity index (χ3n) is 5.66. The molecule has 0 unspecified atom stereocenters. The molecule has 0 aromatic heterocycles. The molecule has 0 radical (unpaired) electrons. The minimum atomic E-state index is -3.53. The molecule has 2 fully saturated rings. The largest absolute Gasteiger partial charge is 0.351 e. The van der Waals surface area contributed by atoms with Crippen LogP contribution in [-0.4, -0.2) is 44.3 Å². The maximum absolute atomic E-state index is 12.8. The predicted octanol–water partition coefficient (Wildman–Crippen LogP) is 1.63. The van der Waals surface area contributed by atoms with Crippen LogP contribution in [0.5, 0.6) is 0 Å². The van der Waals surface area contributed by atoms with Crippen molar-refractivity contribution in [3.8, 4) is 0 Å². The van der Waals surface area contributed by atoms with E-state index in [4.69, 9.17) is 0 Å². The van der Waals surface area contributed by atoms with Crippen molar-refractivity contribution in [2.24, 2.45) is 5.92 Å². The number of rotatable bonds is 6. The Balaban J connectivity index is 0.00000280. The second-order valence-electron chi connectivity index (χ2n) is 7.52. The molecule has 2 aliphatic rings. The van der Waals surface area contributed by atoms with E-state index >= 15 is 0 Å². The van der Waals surface area contributed by atoms with E-state index in [1.807, 2.05) is 24.3 Å². The highest BCUT2D eigenvalue weighted by Gasteiger charge is 2.48. The van der Waals surface area contributed by atoms with Gasteiger partial charge in [-0.1, -0.05) is 18.6 Å². The molecule has 1 aliphatic carbocycles. The second-order valence-corrected chi connectivity index (χ2v) is 9.84. The van der Waals surface area contributed by atoms with Gasteiger partial charge in [0.1, 0.15) is 0 Å². The topological polar surface area (TPSA) is 104 Å². The lowest BCUT2D eigenvalue weighted by molar-refractivity contribution is -0.124. The first kappa shape index (κ1) is 22.6. The third kappa shape index (κ3) is 4.85. The highest BCUT2D eigenvalue weighted by atomic mass is 35.5. The Kier molecular flexibility index (Phi) is 7.47. The van der Waals surface area contributed by atoms with Gasteiger partial charge in [-0.05, 0) is 56.5 Å². The molecule has 0 spiro atoms. The van der Waals surface area contributed by atoms with E-state index < -0.39 is 20.5 Å². The van der Waals surface area contributed by atoms with Crippen molar-refractivity contribution in [1.29, 1.82) is 0 Å². The summed E-state index contributed by atoms with van der Waals surface area (Å²) in [6.07, 6.45) is 4.65.